The molecule has 3 heteroatoms. The highest BCUT2D eigenvalue weighted by Crippen LogP contribution is 2.24. The molecule has 0 heterocycles. The van der Waals surface area contributed by atoms with E-state index in [0.717, 1.165) is 0 Å². The van der Waals surface area contributed by atoms with Crippen molar-refractivity contribution in [1.82, 2.24) is 5.06 Å². The fourth-order valence-electron chi connectivity index (χ4n) is 1.84. The summed E-state index contributed by atoms with van der Waals surface area (Å²) in [6.07, 6.45) is 0. The fourth-order valence-corrected chi connectivity index (χ4v) is 1.84. The lowest BCUT2D eigenvalue weighted by Gasteiger charge is -2.30. The summed E-state index contributed by atoms with van der Waals surface area (Å²) in [5, 5.41) is 1.80. The van der Waals surface area contributed by atoms with Crippen LogP contribution in [-0.4, -0.2) is 25.3 Å². The van der Waals surface area contributed by atoms with Gasteiger partial charge in [-0.15, -0.1) is 0 Å². The van der Waals surface area contributed by atoms with Gasteiger partial charge < -0.3 is 10.6 Å². The minimum Gasteiger partial charge on any atom is -0.326 e. The van der Waals surface area contributed by atoms with E-state index in [2.05, 4.69) is 19.1 Å². The summed E-state index contributed by atoms with van der Waals surface area (Å²) in [4.78, 5) is 5.24. The molecule has 0 aliphatic heterocycles. The van der Waals surface area contributed by atoms with Crippen molar-refractivity contribution in [1.29, 1.82) is 0 Å². The minimum atomic E-state index is 0.0241. The molecule has 0 saturated heterocycles. The number of aryl methyl sites for hydroxylation is 1. The van der Waals surface area contributed by atoms with Crippen molar-refractivity contribution in [3.05, 3.63) is 35.4 Å². The van der Waals surface area contributed by atoms with Gasteiger partial charge in [0.25, 0.3) is 0 Å². The van der Waals surface area contributed by atoms with Gasteiger partial charge in [0.2, 0.25) is 0 Å². The van der Waals surface area contributed by atoms with Crippen molar-refractivity contribution in [3.63, 3.8) is 0 Å². The van der Waals surface area contributed by atoms with Crippen LogP contribution in [0.1, 0.15) is 24.1 Å². The highest BCUT2D eigenvalue weighted by Gasteiger charge is 2.22. The molecule has 0 bridgehead atoms. The molecular formula is C12H20N2O. The Morgan fingerprint density at radius 1 is 1.33 bits per heavy atom. The molecular weight excluding hydrogens is 188 g/mol. The highest BCUT2D eigenvalue weighted by molar-refractivity contribution is 5.29. The first kappa shape index (κ1) is 12.2. The van der Waals surface area contributed by atoms with Gasteiger partial charge >= 0.3 is 0 Å². The molecule has 0 aliphatic rings. The third kappa shape index (κ3) is 2.78. The van der Waals surface area contributed by atoms with Crippen LogP contribution in [-0.2, 0) is 4.84 Å². The van der Waals surface area contributed by atoms with Crippen molar-refractivity contribution in [2.75, 3.05) is 14.2 Å². The minimum absolute atomic E-state index is 0.0241. The molecule has 1 aromatic carbocycles. The molecule has 3 nitrogen and oxygen atoms in total. The number of nitrogens with zero attached hydrogens (tertiary/aromatic N) is 1. The van der Waals surface area contributed by atoms with E-state index in [1.54, 1.807) is 12.2 Å². The van der Waals surface area contributed by atoms with Gasteiger partial charge in [-0.1, -0.05) is 24.3 Å². The van der Waals surface area contributed by atoms with Crippen molar-refractivity contribution in [3.8, 4) is 0 Å². The maximum absolute atomic E-state index is 5.99. The number of hydrogen-bond donors (Lipinski definition) is 1. The zero-order valence-electron chi connectivity index (χ0n) is 9.90. The molecule has 0 amide bonds. The van der Waals surface area contributed by atoms with Crippen LogP contribution in [0.3, 0.4) is 0 Å². The lowest BCUT2D eigenvalue weighted by molar-refractivity contribution is -0.147. The number of hydroxylamine groups is 2. The van der Waals surface area contributed by atoms with Crippen LogP contribution in [0.4, 0.5) is 0 Å². The van der Waals surface area contributed by atoms with Crippen LogP contribution in [0.15, 0.2) is 24.3 Å². The van der Waals surface area contributed by atoms with E-state index in [0.29, 0.717) is 0 Å². The Labute approximate surface area is 91.8 Å². The Kier molecular flexibility index (Phi) is 4.27. The first-order valence-electron chi connectivity index (χ1n) is 5.16. The second kappa shape index (κ2) is 5.26. The van der Waals surface area contributed by atoms with Crippen molar-refractivity contribution >= 4 is 0 Å². The summed E-state index contributed by atoms with van der Waals surface area (Å²) in [7, 11) is 3.56. The second-order valence-electron chi connectivity index (χ2n) is 3.89. The quantitative estimate of drug-likeness (QED) is 0.768. The van der Waals surface area contributed by atoms with Gasteiger partial charge in [0.05, 0.1) is 13.2 Å². The average Bonchev–Trinajstić information content (AvgIpc) is 2.20. The summed E-state index contributed by atoms with van der Waals surface area (Å²) in [6, 6.07) is 8.37. The number of hydrogen-bond acceptors (Lipinski definition) is 3. The maximum Gasteiger partial charge on any atom is 0.0749 e. The van der Waals surface area contributed by atoms with Gasteiger partial charge in [0.1, 0.15) is 0 Å². The Hall–Kier alpha value is -0.900. The zero-order chi connectivity index (χ0) is 11.4. The van der Waals surface area contributed by atoms with E-state index in [1.807, 2.05) is 26.1 Å². The molecule has 0 radical (unpaired) electrons. The largest absolute Gasteiger partial charge is 0.326 e. The van der Waals surface area contributed by atoms with Gasteiger partial charge in [0.15, 0.2) is 0 Å². The molecule has 2 unspecified atom stereocenters. The normalized spacial score (nSPS) is 15.3. The van der Waals surface area contributed by atoms with E-state index >= 15 is 0 Å². The third-order valence-corrected chi connectivity index (χ3v) is 2.68. The van der Waals surface area contributed by atoms with Crippen molar-refractivity contribution < 1.29 is 4.84 Å². The van der Waals surface area contributed by atoms with Gasteiger partial charge in [-0.3, -0.25) is 0 Å². The predicted molar refractivity (Wildman–Crippen MR) is 62.3 cm³/mol. The van der Waals surface area contributed by atoms with E-state index in [9.17, 15) is 0 Å². The summed E-state index contributed by atoms with van der Waals surface area (Å²) >= 11 is 0. The van der Waals surface area contributed by atoms with Gasteiger partial charge in [0, 0.05) is 13.1 Å². The maximum atomic E-state index is 5.99. The number of rotatable bonds is 4. The van der Waals surface area contributed by atoms with Crippen LogP contribution >= 0.6 is 0 Å². The van der Waals surface area contributed by atoms with E-state index < -0.39 is 0 Å². The molecule has 0 aromatic heterocycles. The predicted octanol–water partition coefficient (Wildman–Crippen LogP) is 1.88. The lowest BCUT2D eigenvalue weighted by Crippen LogP contribution is -2.37. The van der Waals surface area contributed by atoms with E-state index in [-0.39, 0.29) is 12.1 Å². The number of nitrogens with two attached hydrogens (primary N) is 1. The monoisotopic (exact) mass is 208 g/mol. The number of likely N-dealkylation sites (N-methyl/N-ethyl adjacent to an activating group) is 1. The van der Waals surface area contributed by atoms with Gasteiger partial charge in [-0.25, -0.2) is 0 Å². The van der Waals surface area contributed by atoms with Crippen molar-refractivity contribution in [2.45, 2.75) is 25.9 Å². The topological polar surface area (TPSA) is 38.5 Å². The molecule has 2 N–H and O–H groups in total. The second-order valence-corrected chi connectivity index (χ2v) is 3.89. The Morgan fingerprint density at radius 3 is 2.40 bits per heavy atom. The Balaban J connectivity index is 3.04. The standard InChI is InChI=1S/C12H20N2O/c1-9-7-5-6-8-11(9)12(10(2)13)14(3)15-4/h5-8,10,12H,13H2,1-4H3. The highest BCUT2D eigenvalue weighted by atomic mass is 16.7. The molecule has 0 saturated carbocycles. The molecule has 84 valence electrons. The fraction of sp³-hybridized carbons (Fsp3) is 0.500. The van der Waals surface area contributed by atoms with Gasteiger partial charge in [-0.2, -0.15) is 5.06 Å². The molecule has 0 aliphatic carbocycles. The molecule has 0 spiro atoms. The van der Waals surface area contributed by atoms with Crippen LogP contribution in [0, 0.1) is 6.92 Å². The summed E-state index contributed by atoms with van der Waals surface area (Å²) in [6.45, 7) is 4.08. The molecule has 1 rings (SSSR count). The van der Waals surface area contributed by atoms with E-state index in [4.69, 9.17) is 10.6 Å². The summed E-state index contributed by atoms with van der Waals surface area (Å²) in [5.41, 5.74) is 8.45. The smallest absolute Gasteiger partial charge is 0.0749 e. The molecule has 2 atom stereocenters. The first-order valence-corrected chi connectivity index (χ1v) is 5.16. The van der Waals surface area contributed by atoms with E-state index in [1.165, 1.54) is 11.1 Å². The van der Waals surface area contributed by atoms with Crippen LogP contribution in [0.2, 0.25) is 0 Å². The summed E-state index contributed by atoms with van der Waals surface area (Å²) in [5.74, 6) is 0. The first-order chi connectivity index (χ1) is 7.07. The van der Waals surface area contributed by atoms with Crippen LogP contribution < -0.4 is 5.73 Å². The van der Waals surface area contributed by atoms with Crippen molar-refractivity contribution in [2.24, 2.45) is 5.73 Å². The lowest BCUT2D eigenvalue weighted by atomic mass is 9.96. The van der Waals surface area contributed by atoms with Crippen LogP contribution in [0.25, 0.3) is 0 Å². The Morgan fingerprint density at radius 2 is 1.93 bits per heavy atom. The summed E-state index contributed by atoms with van der Waals surface area (Å²) < 4.78 is 0. The third-order valence-electron chi connectivity index (χ3n) is 2.68. The Bertz CT molecular complexity index is 312. The molecule has 15 heavy (non-hydrogen) atoms. The molecule has 1 aromatic rings. The van der Waals surface area contributed by atoms with Gasteiger partial charge in [-0.05, 0) is 25.0 Å². The SMILES string of the molecule is CON(C)C(c1ccccc1C)C(C)N. The zero-order valence-corrected chi connectivity index (χ0v) is 9.90. The number of benzene rings is 1. The average molecular weight is 208 g/mol. The van der Waals surface area contributed by atoms with Crippen LogP contribution in [0.5, 0.6) is 0 Å². The molecule has 0 fully saturated rings.